The summed E-state index contributed by atoms with van der Waals surface area (Å²) in [6, 6.07) is 16.1. The van der Waals surface area contributed by atoms with Gasteiger partial charge in [0, 0.05) is 34.2 Å². The first kappa shape index (κ1) is 19.8. The standard InChI is InChI=1S/C27H24N4O4/c1-27-23(34-3)20(28-2)26(35-27)30-14-10-6-4-8-12(14)16-18-19(25(33)29-24(18)32)17-13-9-5-7-11-15(13)31(27)22(17)21(16)30/h4-11,20,23,25-26,28,33H,1-3H3,(H,29,32)/t20-,23+,25-,26-,27-/m0/s1. The van der Waals surface area contributed by atoms with Gasteiger partial charge in [-0.15, -0.1) is 0 Å². The maximum absolute atomic E-state index is 13.3. The summed E-state index contributed by atoms with van der Waals surface area (Å²) in [5, 5.41) is 21.0. The van der Waals surface area contributed by atoms with Gasteiger partial charge in [0.05, 0.1) is 33.7 Å². The van der Waals surface area contributed by atoms with Gasteiger partial charge in [-0.25, -0.2) is 0 Å². The van der Waals surface area contributed by atoms with Crippen LogP contribution in [0.5, 0.6) is 0 Å². The number of para-hydroxylation sites is 2. The van der Waals surface area contributed by atoms with E-state index in [-0.39, 0.29) is 24.3 Å². The molecule has 1 saturated heterocycles. The third-order valence-corrected chi connectivity index (χ3v) is 8.37. The lowest BCUT2D eigenvalue weighted by Gasteiger charge is -2.34. The van der Waals surface area contributed by atoms with Crippen molar-refractivity contribution in [2.45, 2.75) is 37.3 Å². The number of hydrogen-bond donors (Lipinski definition) is 3. The quantitative estimate of drug-likeness (QED) is 0.369. The molecular formula is C27H24N4O4. The summed E-state index contributed by atoms with van der Waals surface area (Å²) in [7, 11) is 3.66. The Morgan fingerprint density at radius 3 is 2.46 bits per heavy atom. The number of likely N-dealkylation sites (N-methyl/N-ethyl adjacent to an activating group) is 1. The number of methoxy groups -OCH3 is 1. The Hall–Kier alpha value is -3.43. The molecule has 2 bridgehead atoms. The summed E-state index contributed by atoms with van der Waals surface area (Å²) in [4.78, 5) is 13.3. The second-order valence-electron chi connectivity index (χ2n) is 9.89. The van der Waals surface area contributed by atoms with E-state index in [4.69, 9.17) is 9.47 Å². The Kier molecular flexibility index (Phi) is 3.52. The first-order valence-electron chi connectivity index (χ1n) is 11.9. The zero-order valence-electron chi connectivity index (χ0n) is 19.5. The van der Waals surface area contributed by atoms with Crippen molar-refractivity contribution in [1.82, 2.24) is 19.8 Å². The molecule has 176 valence electrons. The maximum atomic E-state index is 13.3. The number of aliphatic hydroxyl groups excluding tert-OH is 1. The number of rotatable bonds is 2. The summed E-state index contributed by atoms with van der Waals surface area (Å²) >= 11 is 0. The van der Waals surface area contributed by atoms with Gasteiger partial charge in [-0.05, 0) is 26.1 Å². The molecule has 3 aromatic carbocycles. The molecule has 3 aliphatic rings. The molecule has 5 aromatic rings. The number of ether oxygens (including phenoxy) is 2. The normalized spacial score (nSPS) is 29.1. The van der Waals surface area contributed by atoms with Gasteiger partial charge in [-0.1, -0.05) is 36.4 Å². The number of hydrogen-bond acceptors (Lipinski definition) is 5. The van der Waals surface area contributed by atoms with Crippen LogP contribution in [0.15, 0.2) is 48.5 Å². The van der Waals surface area contributed by atoms with Crippen LogP contribution in [0, 0.1) is 0 Å². The van der Waals surface area contributed by atoms with Crippen molar-refractivity contribution in [1.29, 1.82) is 0 Å². The van der Waals surface area contributed by atoms with Crippen molar-refractivity contribution < 1.29 is 19.4 Å². The zero-order chi connectivity index (χ0) is 23.8. The minimum atomic E-state index is -1.08. The van der Waals surface area contributed by atoms with E-state index in [0.29, 0.717) is 11.1 Å². The van der Waals surface area contributed by atoms with E-state index in [1.54, 1.807) is 7.11 Å². The number of nitrogens with one attached hydrogen (secondary N) is 2. The second-order valence-corrected chi connectivity index (χ2v) is 9.89. The molecule has 0 radical (unpaired) electrons. The fourth-order valence-electron chi connectivity index (χ4n) is 7.17. The largest absolute Gasteiger partial charge is 0.375 e. The van der Waals surface area contributed by atoms with Crippen LogP contribution in [0.4, 0.5) is 0 Å². The molecule has 1 amide bonds. The Labute approximate surface area is 200 Å². The van der Waals surface area contributed by atoms with Crippen molar-refractivity contribution in [3.8, 4) is 0 Å². The third kappa shape index (κ3) is 2.00. The molecule has 8 rings (SSSR count). The Morgan fingerprint density at radius 1 is 1.06 bits per heavy atom. The van der Waals surface area contributed by atoms with Crippen LogP contribution < -0.4 is 10.6 Å². The maximum Gasteiger partial charge on any atom is 0.254 e. The van der Waals surface area contributed by atoms with Gasteiger partial charge in [-0.2, -0.15) is 0 Å². The van der Waals surface area contributed by atoms with E-state index in [2.05, 4.69) is 44.9 Å². The SMILES string of the molecule is CN[C@H]1[C@@H](OC)[C@]2(C)O[C@@H]1n1c3ccccc3c3c4c(c5c6ccccc6n2c5c31)[C@H](O)NC4=O. The van der Waals surface area contributed by atoms with Crippen LogP contribution >= 0.6 is 0 Å². The highest BCUT2D eigenvalue weighted by atomic mass is 16.6. The summed E-state index contributed by atoms with van der Waals surface area (Å²) in [6.07, 6.45) is -1.74. The lowest BCUT2D eigenvalue weighted by Crippen LogP contribution is -2.49. The zero-order valence-corrected chi connectivity index (χ0v) is 19.5. The molecule has 0 aliphatic carbocycles. The number of aromatic nitrogens is 2. The smallest absolute Gasteiger partial charge is 0.254 e. The van der Waals surface area contributed by atoms with Crippen LogP contribution in [0.3, 0.4) is 0 Å². The molecule has 5 atom stereocenters. The fourth-order valence-corrected chi connectivity index (χ4v) is 7.17. The number of benzene rings is 3. The highest BCUT2D eigenvalue weighted by Crippen LogP contribution is 2.55. The molecule has 5 heterocycles. The average Bonchev–Trinajstić information content (AvgIpc) is 3.52. The van der Waals surface area contributed by atoms with Crippen molar-refractivity contribution in [2.75, 3.05) is 14.2 Å². The van der Waals surface area contributed by atoms with E-state index < -0.39 is 12.0 Å². The van der Waals surface area contributed by atoms with Gasteiger partial charge in [0.1, 0.15) is 6.10 Å². The van der Waals surface area contributed by atoms with Crippen LogP contribution in [0.1, 0.15) is 35.3 Å². The van der Waals surface area contributed by atoms with Gasteiger partial charge in [-0.3, -0.25) is 4.79 Å². The van der Waals surface area contributed by atoms with Crippen LogP contribution in [0.2, 0.25) is 0 Å². The van der Waals surface area contributed by atoms with E-state index in [1.165, 1.54) is 0 Å². The number of fused-ring (bicyclic) bond motifs is 13. The van der Waals surface area contributed by atoms with Crippen molar-refractivity contribution in [3.63, 3.8) is 0 Å². The van der Waals surface area contributed by atoms with E-state index in [1.807, 2.05) is 37.4 Å². The summed E-state index contributed by atoms with van der Waals surface area (Å²) in [5.74, 6) is -0.254. The van der Waals surface area contributed by atoms with Crippen molar-refractivity contribution in [2.24, 2.45) is 0 Å². The summed E-state index contributed by atoms with van der Waals surface area (Å²) in [5.41, 5.74) is 4.20. The minimum Gasteiger partial charge on any atom is -0.375 e. The molecule has 35 heavy (non-hydrogen) atoms. The van der Waals surface area contributed by atoms with E-state index in [0.717, 1.165) is 43.6 Å². The Morgan fingerprint density at radius 2 is 1.74 bits per heavy atom. The highest BCUT2D eigenvalue weighted by Gasteiger charge is 2.58. The number of aliphatic hydroxyl groups is 1. The third-order valence-electron chi connectivity index (χ3n) is 8.37. The van der Waals surface area contributed by atoms with E-state index >= 15 is 0 Å². The predicted molar refractivity (Wildman–Crippen MR) is 132 cm³/mol. The number of amides is 1. The monoisotopic (exact) mass is 468 g/mol. The van der Waals surface area contributed by atoms with Gasteiger partial charge >= 0.3 is 0 Å². The molecule has 2 aromatic heterocycles. The second kappa shape index (κ2) is 6.22. The molecule has 3 N–H and O–H groups in total. The van der Waals surface area contributed by atoms with Gasteiger partial charge in [0.15, 0.2) is 18.2 Å². The molecule has 0 saturated carbocycles. The van der Waals surface area contributed by atoms with Gasteiger partial charge < -0.3 is 34.3 Å². The number of carbonyl (C=O) groups is 1. The van der Waals surface area contributed by atoms with E-state index in [9.17, 15) is 9.90 Å². The number of nitrogens with zero attached hydrogens (tertiary/aromatic N) is 2. The average molecular weight is 469 g/mol. The number of carbonyl (C=O) groups excluding carboxylic acids is 1. The van der Waals surface area contributed by atoms with Crippen LogP contribution in [0.25, 0.3) is 43.6 Å². The molecule has 0 spiro atoms. The summed E-state index contributed by atoms with van der Waals surface area (Å²) < 4.78 is 17.6. The molecule has 1 fully saturated rings. The molecule has 3 aliphatic heterocycles. The Balaban J connectivity index is 1.76. The molecule has 8 heteroatoms. The molecule has 8 nitrogen and oxygen atoms in total. The first-order chi connectivity index (χ1) is 17.0. The molecule has 0 unspecified atom stereocenters. The molecular weight excluding hydrogens is 444 g/mol. The lowest BCUT2D eigenvalue weighted by molar-refractivity contribution is -0.142. The highest BCUT2D eigenvalue weighted by molar-refractivity contribution is 6.31. The van der Waals surface area contributed by atoms with Gasteiger partial charge in [0.25, 0.3) is 5.91 Å². The van der Waals surface area contributed by atoms with Crippen LogP contribution in [-0.2, 0) is 15.2 Å². The minimum absolute atomic E-state index is 0.138. The predicted octanol–water partition coefficient (Wildman–Crippen LogP) is 3.45. The van der Waals surface area contributed by atoms with Gasteiger partial charge in [0.2, 0.25) is 0 Å². The lowest BCUT2D eigenvalue weighted by atomic mass is 9.95. The fraction of sp³-hybridized carbons (Fsp3) is 0.296. The van der Waals surface area contributed by atoms with Crippen molar-refractivity contribution >= 4 is 49.5 Å². The Bertz CT molecular complexity index is 1770. The van der Waals surface area contributed by atoms with Crippen molar-refractivity contribution in [3.05, 3.63) is 59.7 Å². The first-order valence-corrected chi connectivity index (χ1v) is 11.9. The van der Waals surface area contributed by atoms with Crippen LogP contribution in [-0.4, -0.2) is 46.5 Å². The topological polar surface area (TPSA) is 89.7 Å². The summed E-state index contributed by atoms with van der Waals surface area (Å²) in [6.45, 7) is 2.07.